The van der Waals surface area contributed by atoms with Crippen LogP contribution in [0.1, 0.15) is 57.6 Å². The van der Waals surface area contributed by atoms with Gasteiger partial charge in [0.1, 0.15) is 11.5 Å². The lowest BCUT2D eigenvalue weighted by Gasteiger charge is -2.12. The van der Waals surface area contributed by atoms with Gasteiger partial charge in [0.25, 0.3) is 0 Å². The van der Waals surface area contributed by atoms with Gasteiger partial charge in [0.2, 0.25) is 0 Å². The first kappa shape index (κ1) is 15.7. The van der Waals surface area contributed by atoms with Crippen LogP contribution >= 0.6 is 0 Å². The highest BCUT2D eigenvalue weighted by Crippen LogP contribution is 2.22. The number of ether oxygens (including phenoxy) is 1. The Balaban J connectivity index is 2.42. The highest BCUT2D eigenvalue weighted by molar-refractivity contribution is 5.77. The molecule has 0 bridgehead atoms. The standard InChI is InChI=1S/C16H24O3/c1-3-7-16(18)13-8-5-10-15(12-13)19-11-6-9-14(17)4-2/h5,8,10,12,16,18H,3-4,6-7,9,11H2,1-2H3. The number of ketones is 1. The van der Waals surface area contributed by atoms with Crippen LogP contribution in [0.25, 0.3) is 0 Å². The molecule has 1 N–H and O–H groups in total. The Morgan fingerprint density at radius 2 is 2.16 bits per heavy atom. The van der Waals surface area contributed by atoms with Gasteiger partial charge in [-0.25, -0.2) is 0 Å². The lowest BCUT2D eigenvalue weighted by molar-refractivity contribution is -0.118. The van der Waals surface area contributed by atoms with E-state index in [-0.39, 0.29) is 5.78 Å². The van der Waals surface area contributed by atoms with Gasteiger partial charge < -0.3 is 9.84 Å². The molecule has 0 amide bonds. The molecule has 0 fully saturated rings. The minimum atomic E-state index is -0.421. The van der Waals surface area contributed by atoms with E-state index in [9.17, 15) is 9.90 Å². The Bertz CT molecular complexity index is 387. The van der Waals surface area contributed by atoms with Crippen LogP contribution < -0.4 is 4.74 Å². The molecule has 0 aliphatic rings. The van der Waals surface area contributed by atoms with E-state index in [1.54, 1.807) is 0 Å². The Labute approximate surface area is 115 Å². The number of carbonyl (C=O) groups is 1. The largest absolute Gasteiger partial charge is 0.494 e. The summed E-state index contributed by atoms with van der Waals surface area (Å²) < 4.78 is 5.61. The summed E-state index contributed by atoms with van der Waals surface area (Å²) >= 11 is 0. The van der Waals surface area contributed by atoms with Crippen molar-refractivity contribution in [3.63, 3.8) is 0 Å². The van der Waals surface area contributed by atoms with Crippen LogP contribution in [0.4, 0.5) is 0 Å². The second kappa shape index (κ2) is 8.70. The summed E-state index contributed by atoms with van der Waals surface area (Å²) in [5.74, 6) is 1.03. The van der Waals surface area contributed by atoms with E-state index in [1.165, 1.54) is 0 Å². The van der Waals surface area contributed by atoms with Gasteiger partial charge >= 0.3 is 0 Å². The quantitative estimate of drug-likeness (QED) is 0.692. The SMILES string of the molecule is CCCC(O)c1cccc(OCCCC(=O)CC)c1. The summed E-state index contributed by atoms with van der Waals surface area (Å²) in [4.78, 5) is 11.1. The fraction of sp³-hybridized carbons (Fsp3) is 0.562. The van der Waals surface area contributed by atoms with E-state index in [4.69, 9.17) is 4.74 Å². The van der Waals surface area contributed by atoms with E-state index in [1.807, 2.05) is 38.1 Å². The highest BCUT2D eigenvalue weighted by atomic mass is 16.5. The fourth-order valence-electron chi connectivity index (χ4n) is 1.89. The summed E-state index contributed by atoms with van der Waals surface area (Å²) in [6, 6.07) is 7.56. The predicted molar refractivity (Wildman–Crippen MR) is 76.3 cm³/mol. The van der Waals surface area contributed by atoms with Crippen LogP contribution in [-0.4, -0.2) is 17.5 Å². The van der Waals surface area contributed by atoms with E-state index in [0.717, 1.165) is 30.6 Å². The molecule has 0 saturated heterocycles. The van der Waals surface area contributed by atoms with Crippen LogP contribution in [0.3, 0.4) is 0 Å². The lowest BCUT2D eigenvalue weighted by atomic mass is 10.1. The van der Waals surface area contributed by atoms with Gasteiger partial charge in [0, 0.05) is 12.8 Å². The van der Waals surface area contributed by atoms with Crippen LogP contribution in [0.5, 0.6) is 5.75 Å². The van der Waals surface area contributed by atoms with Gasteiger partial charge in [-0.1, -0.05) is 32.4 Å². The Morgan fingerprint density at radius 1 is 1.37 bits per heavy atom. The summed E-state index contributed by atoms with van der Waals surface area (Å²) in [6.07, 6.45) is 3.21. The van der Waals surface area contributed by atoms with Gasteiger partial charge in [0.05, 0.1) is 12.7 Å². The first-order valence-electron chi connectivity index (χ1n) is 7.09. The number of Topliss-reactive ketones (excluding diaryl/α,β-unsaturated/α-hetero) is 1. The first-order chi connectivity index (χ1) is 9.17. The van der Waals surface area contributed by atoms with Crippen molar-refractivity contribution in [1.82, 2.24) is 0 Å². The normalized spacial score (nSPS) is 12.2. The smallest absolute Gasteiger partial charge is 0.132 e. The highest BCUT2D eigenvalue weighted by Gasteiger charge is 2.07. The topological polar surface area (TPSA) is 46.5 Å². The van der Waals surface area contributed by atoms with E-state index >= 15 is 0 Å². The average molecular weight is 264 g/mol. The minimum absolute atomic E-state index is 0.274. The molecule has 0 spiro atoms. The second-order valence-corrected chi connectivity index (χ2v) is 4.72. The maximum absolute atomic E-state index is 11.1. The van der Waals surface area contributed by atoms with Gasteiger partial charge in [0.15, 0.2) is 0 Å². The Hall–Kier alpha value is -1.35. The van der Waals surface area contributed by atoms with Crippen molar-refractivity contribution in [2.45, 2.75) is 52.1 Å². The number of rotatable bonds is 9. The monoisotopic (exact) mass is 264 g/mol. The van der Waals surface area contributed by atoms with Crippen molar-refractivity contribution in [3.05, 3.63) is 29.8 Å². The Morgan fingerprint density at radius 3 is 2.84 bits per heavy atom. The van der Waals surface area contributed by atoms with Gasteiger partial charge in [-0.15, -0.1) is 0 Å². The van der Waals surface area contributed by atoms with Crippen LogP contribution in [0.15, 0.2) is 24.3 Å². The Kier molecular flexibility index (Phi) is 7.19. The maximum atomic E-state index is 11.1. The molecule has 3 nitrogen and oxygen atoms in total. The molecule has 0 saturated carbocycles. The third kappa shape index (κ3) is 5.88. The van der Waals surface area contributed by atoms with Crippen molar-refractivity contribution in [3.8, 4) is 5.75 Å². The molecule has 19 heavy (non-hydrogen) atoms. The molecule has 0 aliphatic heterocycles. The van der Waals surface area contributed by atoms with Crippen LogP contribution in [0, 0.1) is 0 Å². The zero-order valence-electron chi connectivity index (χ0n) is 11.9. The zero-order chi connectivity index (χ0) is 14.1. The molecule has 1 unspecified atom stereocenters. The van der Waals surface area contributed by atoms with E-state index in [2.05, 4.69) is 0 Å². The van der Waals surface area contributed by atoms with E-state index in [0.29, 0.717) is 19.4 Å². The molecule has 0 aromatic heterocycles. The molecular formula is C16H24O3. The number of carbonyl (C=O) groups excluding carboxylic acids is 1. The summed E-state index contributed by atoms with van der Waals surface area (Å²) in [7, 11) is 0. The molecule has 1 aromatic carbocycles. The van der Waals surface area contributed by atoms with Gasteiger partial charge in [-0.3, -0.25) is 4.79 Å². The molecule has 1 aromatic rings. The van der Waals surface area contributed by atoms with Crippen molar-refractivity contribution < 1.29 is 14.6 Å². The van der Waals surface area contributed by atoms with Crippen LogP contribution in [0.2, 0.25) is 0 Å². The zero-order valence-corrected chi connectivity index (χ0v) is 11.9. The summed E-state index contributed by atoms with van der Waals surface area (Å²) in [6.45, 7) is 4.47. The van der Waals surface area contributed by atoms with Crippen LogP contribution in [-0.2, 0) is 4.79 Å². The number of benzene rings is 1. The summed E-state index contributed by atoms with van der Waals surface area (Å²) in [5.41, 5.74) is 0.893. The number of hydrogen-bond donors (Lipinski definition) is 1. The van der Waals surface area contributed by atoms with Crippen molar-refractivity contribution in [1.29, 1.82) is 0 Å². The van der Waals surface area contributed by atoms with E-state index < -0.39 is 6.10 Å². The molecule has 106 valence electrons. The predicted octanol–water partition coefficient (Wildman–Crippen LogP) is 3.66. The summed E-state index contributed by atoms with van der Waals surface area (Å²) in [5, 5.41) is 9.92. The second-order valence-electron chi connectivity index (χ2n) is 4.72. The number of hydrogen-bond acceptors (Lipinski definition) is 3. The van der Waals surface area contributed by atoms with Crippen molar-refractivity contribution in [2.75, 3.05) is 6.61 Å². The third-order valence-corrected chi connectivity index (χ3v) is 3.07. The van der Waals surface area contributed by atoms with Crippen molar-refractivity contribution >= 4 is 5.78 Å². The molecule has 0 aliphatic carbocycles. The first-order valence-corrected chi connectivity index (χ1v) is 7.09. The molecular weight excluding hydrogens is 240 g/mol. The lowest BCUT2D eigenvalue weighted by Crippen LogP contribution is -2.03. The van der Waals surface area contributed by atoms with Gasteiger partial charge in [-0.05, 0) is 30.5 Å². The molecule has 1 rings (SSSR count). The third-order valence-electron chi connectivity index (χ3n) is 3.07. The van der Waals surface area contributed by atoms with Gasteiger partial charge in [-0.2, -0.15) is 0 Å². The molecule has 0 heterocycles. The van der Waals surface area contributed by atoms with Crippen molar-refractivity contribution in [2.24, 2.45) is 0 Å². The maximum Gasteiger partial charge on any atom is 0.132 e. The number of aliphatic hydroxyl groups excluding tert-OH is 1. The number of aliphatic hydroxyl groups is 1. The fourth-order valence-corrected chi connectivity index (χ4v) is 1.89. The molecule has 1 atom stereocenters. The minimum Gasteiger partial charge on any atom is -0.494 e. The molecule has 3 heteroatoms. The molecule has 0 radical (unpaired) electrons. The average Bonchev–Trinajstić information content (AvgIpc) is 2.44.